The van der Waals surface area contributed by atoms with E-state index < -0.39 is 0 Å². The van der Waals surface area contributed by atoms with Gasteiger partial charge in [0, 0.05) is 12.1 Å². The van der Waals surface area contributed by atoms with E-state index in [0.717, 1.165) is 24.4 Å². The zero-order valence-electron chi connectivity index (χ0n) is 14.4. The Morgan fingerprint density at radius 1 is 1.15 bits per heavy atom. The fraction of sp³-hybridized carbons (Fsp3) is 1.00. The zero-order chi connectivity index (χ0) is 14.8. The lowest BCUT2D eigenvalue weighted by Gasteiger charge is -2.50. The molecule has 2 atom stereocenters. The fourth-order valence-corrected chi connectivity index (χ4v) is 4.55. The first-order chi connectivity index (χ1) is 9.45. The molecule has 2 unspecified atom stereocenters. The highest BCUT2D eigenvalue weighted by atomic mass is 15.2. The number of nitrogens with zero attached hydrogens (tertiary/aromatic N) is 1. The lowest BCUT2D eigenvalue weighted by Crippen LogP contribution is -2.60. The van der Waals surface area contributed by atoms with Crippen molar-refractivity contribution in [2.45, 2.75) is 78.8 Å². The molecule has 0 aromatic carbocycles. The summed E-state index contributed by atoms with van der Waals surface area (Å²) in [5.74, 6) is 1.82. The van der Waals surface area contributed by atoms with Crippen LogP contribution < -0.4 is 5.32 Å². The Bertz CT molecular complexity index is 290. The minimum Gasteiger partial charge on any atom is -0.312 e. The molecule has 2 heteroatoms. The Hall–Kier alpha value is -0.0800. The van der Waals surface area contributed by atoms with Crippen LogP contribution in [0.1, 0.15) is 66.7 Å². The van der Waals surface area contributed by atoms with E-state index in [-0.39, 0.29) is 0 Å². The quantitative estimate of drug-likeness (QED) is 0.840. The van der Waals surface area contributed by atoms with Gasteiger partial charge in [0.25, 0.3) is 0 Å². The predicted molar refractivity (Wildman–Crippen MR) is 88.0 cm³/mol. The van der Waals surface area contributed by atoms with Crippen LogP contribution in [0.5, 0.6) is 0 Å². The summed E-state index contributed by atoms with van der Waals surface area (Å²) in [5, 5.41) is 3.81. The molecule has 0 spiro atoms. The Kier molecular flexibility index (Phi) is 5.53. The van der Waals surface area contributed by atoms with Gasteiger partial charge in [-0.15, -0.1) is 0 Å². The Morgan fingerprint density at radius 2 is 1.80 bits per heavy atom. The fourth-order valence-electron chi connectivity index (χ4n) is 4.55. The third kappa shape index (κ3) is 3.57. The number of hydrogen-bond donors (Lipinski definition) is 1. The molecule has 1 saturated carbocycles. The van der Waals surface area contributed by atoms with E-state index in [4.69, 9.17) is 0 Å². The number of nitrogens with one attached hydrogen (secondary N) is 1. The van der Waals surface area contributed by atoms with Crippen LogP contribution in [0.3, 0.4) is 0 Å². The van der Waals surface area contributed by atoms with Crippen molar-refractivity contribution in [1.82, 2.24) is 10.2 Å². The van der Waals surface area contributed by atoms with Gasteiger partial charge >= 0.3 is 0 Å². The lowest BCUT2D eigenvalue weighted by atomic mass is 9.69. The van der Waals surface area contributed by atoms with Gasteiger partial charge in [-0.2, -0.15) is 0 Å². The SMILES string of the molecule is CCNC1C(N2CCC(C(C)C)CC2)CCCC1(C)C. The average molecular weight is 280 g/mol. The smallest absolute Gasteiger partial charge is 0.0274 e. The minimum atomic E-state index is 0.452. The Morgan fingerprint density at radius 3 is 2.35 bits per heavy atom. The minimum absolute atomic E-state index is 0.452. The van der Waals surface area contributed by atoms with E-state index in [2.05, 4.69) is 44.8 Å². The first kappa shape index (κ1) is 16.3. The summed E-state index contributed by atoms with van der Waals surface area (Å²) in [7, 11) is 0. The summed E-state index contributed by atoms with van der Waals surface area (Å²) in [6.45, 7) is 15.7. The summed E-state index contributed by atoms with van der Waals surface area (Å²) < 4.78 is 0. The van der Waals surface area contributed by atoms with Gasteiger partial charge in [-0.05, 0) is 62.6 Å². The van der Waals surface area contributed by atoms with Crippen molar-refractivity contribution < 1.29 is 0 Å². The maximum absolute atomic E-state index is 3.81. The Balaban J connectivity index is 1.99. The highest BCUT2D eigenvalue weighted by molar-refractivity contribution is 4.98. The van der Waals surface area contributed by atoms with Crippen LogP contribution in [0.15, 0.2) is 0 Å². The van der Waals surface area contributed by atoms with Crippen LogP contribution >= 0.6 is 0 Å². The van der Waals surface area contributed by atoms with E-state index in [1.165, 1.54) is 45.2 Å². The molecule has 118 valence electrons. The van der Waals surface area contributed by atoms with Crippen molar-refractivity contribution in [3.05, 3.63) is 0 Å². The third-order valence-electron chi connectivity index (χ3n) is 5.96. The highest BCUT2D eigenvalue weighted by Gasteiger charge is 2.41. The van der Waals surface area contributed by atoms with Crippen LogP contribution in [0.4, 0.5) is 0 Å². The molecule has 1 heterocycles. The normalized spacial score (nSPS) is 32.7. The van der Waals surface area contributed by atoms with Gasteiger partial charge in [-0.3, -0.25) is 4.90 Å². The standard InChI is InChI=1S/C18H36N2/c1-6-19-17-16(8-7-11-18(17,4)5)20-12-9-15(10-13-20)14(2)3/h14-17,19H,6-13H2,1-5H3. The first-order valence-corrected chi connectivity index (χ1v) is 8.93. The summed E-state index contributed by atoms with van der Waals surface area (Å²) in [6, 6.07) is 1.45. The number of likely N-dealkylation sites (tertiary alicyclic amines) is 1. The summed E-state index contributed by atoms with van der Waals surface area (Å²) in [5.41, 5.74) is 0.452. The second-order valence-corrected chi connectivity index (χ2v) is 8.10. The van der Waals surface area contributed by atoms with Gasteiger partial charge in [0.15, 0.2) is 0 Å². The van der Waals surface area contributed by atoms with Gasteiger partial charge in [0.1, 0.15) is 0 Å². The monoisotopic (exact) mass is 280 g/mol. The second kappa shape index (κ2) is 6.79. The molecule has 0 radical (unpaired) electrons. The van der Waals surface area contributed by atoms with Crippen LogP contribution in [0, 0.1) is 17.3 Å². The number of rotatable bonds is 4. The predicted octanol–water partition coefficient (Wildman–Crippen LogP) is 3.91. The van der Waals surface area contributed by atoms with Crippen LogP contribution in [-0.4, -0.2) is 36.6 Å². The zero-order valence-corrected chi connectivity index (χ0v) is 14.4. The van der Waals surface area contributed by atoms with E-state index in [0.29, 0.717) is 11.5 Å². The van der Waals surface area contributed by atoms with Crippen molar-refractivity contribution in [3.8, 4) is 0 Å². The topological polar surface area (TPSA) is 15.3 Å². The summed E-state index contributed by atoms with van der Waals surface area (Å²) in [6.07, 6.45) is 7.00. The maximum atomic E-state index is 3.81. The molecule has 1 aliphatic heterocycles. The molecule has 1 aliphatic carbocycles. The van der Waals surface area contributed by atoms with E-state index in [1.807, 2.05) is 0 Å². The number of piperidine rings is 1. The first-order valence-electron chi connectivity index (χ1n) is 8.93. The molecule has 0 bridgehead atoms. The van der Waals surface area contributed by atoms with Crippen molar-refractivity contribution >= 4 is 0 Å². The molecule has 0 amide bonds. The van der Waals surface area contributed by atoms with E-state index in [1.54, 1.807) is 0 Å². The molecule has 2 nitrogen and oxygen atoms in total. The van der Waals surface area contributed by atoms with Gasteiger partial charge < -0.3 is 5.32 Å². The summed E-state index contributed by atoms with van der Waals surface area (Å²) >= 11 is 0. The van der Waals surface area contributed by atoms with Gasteiger partial charge in [0.05, 0.1) is 0 Å². The van der Waals surface area contributed by atoms with Crippen LogP contribution in [0.25, 0.3) is 0 Å². The number of likely N-dealkylation sites (N-methyl/N-ethyl adjacent to an activating group) is 1. The van der Waals surface area contributed by atoms with Gasteiger partial charge in [0.2, 0.25) is 0 Å². The molecule has 2 aliphatic rings. The molecule has 0 aromatic heterocycles. The third-order valence-corrected chi connectivity index (χ3v) is 5.96. The Labute approximate surface area is 126 Å². The number of hydrogen-bond acceptors (Lipinski definition) is 2. The lowest BCUT2D eigenvalue weighted by molar-refractivity contribution is 0.0244. The molecule has 2 fully saturated rings. The average Bonchev–Trinajstić information content (AvgIpc) is 2.41. The van der Waals surface area contributed by atoms with Crippen molar-refractivity contribution in [1.29, 1.82) is 0 Å². The van der Waals surface area contributed by atoms with Crippen molar-refractivity contribution in [2.24, 2.45) is 17.3 Å². The molecular formula is C18H36N2. The highest BCUT2D eigenvalue weighted by Crippen LogP contribution is 2.39. The van der Waals surface area contributed by atoms with Crippen LogP contribution in [0.2, 0.25) is 0 Å². The van der Waals surface area contributed by atoms with Crippen molar-refractivity contribution in [3.63, 3.8) is 0 Å². The van der Waals surface area contributed by atoms with E-state index in [9.17, 15) is 0 Å². The van der Waals surface area contributed by atoms with Crippen LogP contribution in [-0.2, 0) is 0 Å². The molecule has 1 N–H and O–H groups in total. The second-order valence-electron chi connectivity index (χ2n) is 8.10. The van der Waals surface area contributed by atoms with Gasteiger partial charge in [-0.1, -0.05) is 41.0 Å². The molecule has 1 saturated heterocycles. The maximum Gasteiger partial charge on any atom is 0.0274 e. The largest absolute Gasteiger partial charge is 0.312 e. The molecule has 2 rings (SSSR count). The summed E-state index contributed by atoms with van der Waals surface area (Å²) in [4.78, 5) is 2.81. The molecular weight excluding hydrogens is 244 g/mol. The van der Waals surface area contributed by atoms with Crippen molar-refractivity contribution in [2.75, 3.05) is 19.6 Å². The molecule has 20 heavy (non-hydrogen) atoms. The molecule has 0 aromatic rings. The van der Waals surface area contributed by atoms with Gasteiger partial charge in [-0.25, -0.2) is 0 Å². The van der Waals surface area contributed by atoms with E-state index >= 15 is 0 Å².